The van der Waals surface area contributed by atoms with E-state index in [4.69, 9.17) is 4.74 Å². The number of pyridine rings is 1. The van der Waals surface area contributed by atoms with Crippen LogP contribution in [0.25, 0.3) is 0 Å². The lowest BCUT2D eigenvalue weighted by Crippen LogP contribution is -2.22. The van der Waals surface area contributed by atoms with Gasteiger partial charge in [0.2, 0.25) is 5.88 Å². The quantitative estimate of drug-likeness (QED) is 0.897. The van der Waals surface area contributed by atoms with Crippen LogP contribution in [0.4, 0.5) is 4.39 Å². The van der Waals surface area contributed by atoms with E-state index in [-0.39, 0.29) is 11.9 Å². The van der Waals surface area contributed by atoms with Gasteiger partial charge in [-0.25, -0.2) is 9.37 Å². The largest absolute Gasteiger partial charge is 0.481 e. The number of aromatic nitrogens is 1. The molecule has 0 bridgehead atoms. The summed E-state index contributed by atoms with van der Waals surface area (Å²) in [5.41, 5.74) is 1.76. The molecule has 0 radical (unpaired) electrons. The third-order valence-corrected chi connectivity index (χ3v) is 2.90. The molecule has 1 unspecified atom stereocenters. The summed E-state index contributed by atoms with van der Waals surface area (Å²) in [7, 11) is 1.58. The number of hydrogen-bond acceptors (Lipinski definition) is 3. The molecule has 0 saturated carbocycles. The molecule has 2 aromatic rings. The van der Waals surface area contributed by atoms with Gasteiger partial charge < -0.3 is 10.1 Å². The van der Waals surface area contributed by atoms with Gasteiger partial charge in [-0.2, -0.15) is 0 Å². The number of ether oxygens (including phenoxy) is 1. The zero-order chi connectivity index (χ0) is 13.7. The molecule has 1 N–H and O–H groups in total. The van der Waals surface area contributed by atoms with E-state index in [9.17, 15) is 4.39 Å². The molecule has 1 aromatic heterocycles. The van der Waals surface area contributed by atoms with E-state index in [2.05, 4.69) is 10.3 Å². The number of nitrogens with one attached hydrogen (secondary N) is 1. The summed E-state index contributed by atoms with van der Waals surface area (Å²) in [6, 6.07) is 10.2. The Kier molecular flexibility index (Phi) is 4.47. The maximum absolute atomic E-state index is 13.4. The maximum atomic E-state index is 13.4. The lowest BCUT2D eigenvalue weighted by molar-refractivity contribution is 0.387. The van der Waals surface area contributed by atoms with Crippen molar-refractivity contribution >= 4 is 0 Å². The van der Waals surface area contributed by atoms with E-state index < -0.39 is 0 Å². The topological polar surface area (TPSA) is 34.2 Å². The SMILES string of the molecule is CCNC(c1cccc(F)c1)c1cccnc1OC. The van der Waals surface area contributed by atoms with Crippen LogP contribution in [0.1, 0.15) is 24.1 Å². The average molecular weight is 260 g/mol. The van der Waals surface area contributed by atoms with Gasteiger partial charge >= 0.3 is 0 Å². The van der Waals surface area contributed by atoms with Gasteiger partial charge in [0.15, 0.2) is 0 Å². The van der Waals surface area contributed by atoms with E-state index in [1.54, 1.807) is 19.4 Å². The average Bonchev–Trinajstić information content (AvgIpc) is 2.45. The molecule has 4 heteroatoms. The summed E-state index contributed by atoms with van der Waals surface area (Å²) in [5.74, 6) is 0.306. The van der Waals surface area contributed by atoms with Crippen LogP contribution >= 0.6 is 0 Å². The summed E-state index contributed by atoms with van der Waals surface area (Å²) in [4.78, 5) is 4.19. The van der Waals surface area contributed by atoms with Gasteiger partial charge in [-0.15, -0.1) is 0 Å². The lowest BCUT2D eigenvalue weighted by atomic mass is 9.99. The van der Waals surface area contributed by atoms with E-state index in [1.807, 2.05) is 25.1 Å². The Morgan fingerprint density at radius 3 is 2.84 bits per heavy atom. The first kappa shape index (κ1) is 13.5. The highest BCUT2D eigenvalue weighted by Crippen LogP contribution is 2.28. The van der Waals surface area contributed by atoms with Crippen molar-refractivity contribution in [3.05, 3.63) is 59.5 Å². The standard InChI is InChI=1S/C15H17FN2O/c1-3-17-14(11-6-4-7-12(16)10-11)13-8-5-9-18-15(13)19-2/h4-10,14,17H,3H2,1-2H3. The van der Waals surface area contributed by atoms with Gasteiger partial charge in [0, 0.05) is 11.8 Å². The summed E-state index contributed by atoms with van der Waals surface area (Å²) >= 11 is 0. The van der Waals surface area contributed by atoms with Crippen LogP contribution in [0, 0.1) is 5.82 Å². The van der Waals surface area contributed by atoms with Crippen LogP contribution in [-0.4, -0.2) is 18.6 Å². The Balaban J connectivity index is 2.45. The minimum atomic E-state index is -0.247. The number of halogens is 1. The molecule has 0 aliphatic heterocycles. The number of benzene rings is 1. The Morgan fingerprint density at radius 2 is 2.16 bits per heavy atom. The van der Waals surface area contributed by atoms with Gasteiger partial charge in [-0.3, -0.25) is 0 Å². The second-order valence-corrected chi connectivity index (χ2v) is 4.15. The minimum absolute atomic E-state index is 0.135. The molecule has 1 atom stereocenters. The first-order valence-electron chi connectivity index (χ1n) is 6.24. The van der Waals surface area contributed by atoms with Crippen molar-refractivity contribution in [1.82, 2.24) is 10.3 Å². The second kappa shape index (κ2) is 6.29. The molecule has 2 rings (SSSR count). The van der Waals surface area contributed by atoms with Gasteiger partial charge in [-0.1, -0.05) is 25.1 Å². The highest BCUT2D eigenvalue weighted by molar-refractivity contribution is 5.37. The summed E-state index contributed by atoms with van der Waals surface area (Å²) in [6.45, 7) is 2.77. The Hall–Kier alpha value is -1.94. The second-order valence-electron chi connectivity index (χ2n) is 4.15. The molecular formula is C15H17FN2O. The van der Waals surface area contributed by atoms with Crippen molar-refractivity contribution in [2.45, 2.75) is 13.0 Å². The summed E-state index contributed by atoms with van der Waals surface area (Å²) in [6.07, 6.45) is 1.68. The van der Waals surface area contributed by atoms with Crippen molar-refractivity contribution in [3.63, 3.8) is 0 Å². The van der Waals surface area contributed by atoms with Gasteiger partial charge in [0.05, 0.1) is 13.2 Å². The molecule has 0 aliphatic rings. The van der Waals surface area contributed by atoms with Crippen molar-refractivity contribution in [1.29, 1.82) is 0 Å². The lowest BCUT2D eigenvalue weighted by Gasteiger charge is -2.20. The summed E-state index contributed by atoms with van der Waals surface area (Å²) in [5, 5.41) is 3.33. The molecule has 100 valence electrons. The maximum Gasteiger partial charge on any atom is 0.218 e. The van der Waals surface area contributed by atoms with Crippen molar-refractivity contribution in [2.24, 2.45) is 0 Å². The highest BCUT2D eigenvalue weighted by Gasteiger charge is 2.18. The van der Waals surface area contributed by atoms with Crippen molar-refractivity contribution in [2.75, 3.05) is 13.7 Å². The fourth-order valence-electron chi connectivity index (χ4n) is 2.09. The predicted molar refractivity (Wildman–Crippen MR) is 72.7 cm³/mol. The first-order chi connectivity index (χ1) is 9.26. The Labute approximate surface area is 112 Å². The zero-order valence-corrected chi connectivity index (χ0v) is 11.1. The van der Waals surface area contributed by atoms with Crippen LogP contribution in [0.2, 0.25) is 0 Å². The fourth-order valence-corrected chi connectivity index (χ4v) is 2.09. The van der Waals surface area contributed by atoms with Crippen LogP contribution in [0.15, 0.2) is 42.6 Å². The zero-order valence-electron chi connectivity index (χ0n) is 11.1. The van der Waals surface area contributed by atoms with Crippen LogP contribution in [-0.2, 0) is 0 Å². The normalized spacial score (nSPS) is 12.2. The third-order valence-electron chi connectivity index (χ3n) is 2.90. The number of nitrogens with zero attached hydrogens (tertiary/aromatic N) is 1. The first-order valence-corrected chi connectivity index (χ1v) is 6.24. The van der Waals surface area contributed by atoms with Gasteiger partial charge in [0.1, 0.15) is 5.82 Å². The predicted octanol–water partition coefficient (Wildman–Crippen LogP) is 2.93. The smallest absolute Gasteiger partial charge is 0.218 e. The molecule has 0 spiro atoms. The number of methoxy groups -OCH3 is 1. The van der Waals surface area contributed by atoms with Gasteiger partial charge in [0.25, 0.3) is 0 Å². The Bertz CT molecular complexity index is 545. The molecule has 0 amide bonds. The van der Waals surface area contributed by atoms with E-state index in [0.717, 1.165) is 17.7 Å². The molecule has 0 saturated heterocycles. The van der Waals surface area contributed by atoms with Crippen LogP contribution in [0.3, 0.4) is 0 Å². The number of hydrogen-bond donors (Lipinski definition) is 1. The van der Waals surface area contributed by atoms with Crippen LogP contribution < -0.4 is 10.1 Å². The molecule has 19 heavy (non-hydrogen) atoms. The molecular weight excluding hydrogens is 243 g/mol. The van der Waals surface area contributed by atoms with Crippen molar-refractivity contribution < 1.29 is 9.13 Å². The molecule has 1 aromatic carbocycles. The Morgan fingerprint density at radius 1 is 1.32 bits per heavy atom. The van der Waals surface area contributed by atoms with Gasteiger partial charge in [-0.05, 0) is 30.3 Å². The van der Waals surface area contributed by atoms with E-state index in [0.29, 0.717) is 5.88 Å². The van der Waals surface area contributed by atoms with E-state index >= 15 is 0 Å². The molecule has 3 nitrogen and oxygen atoms in total. The number of rotatable bonds is 5. The fraction of sp³-hybridized carbons (Fsp3) is 0.267. The minimum Gasteiger partial charge on any atom is -0.481 e. The van der Waals surface area contributed by atoms with Crippen molar-refractivity contribution in [3.8, 4) is 5.88 Å². The third kappa shape index (κ3) is 3.09. The molecule has 0 fully saturated rings. The van der Waals surface area contributed by atoms with E-state index in [1.165, 1.54) is 12.1 Å². The monoisotopic (exact) mass is 260 g/mol. The summed E-state index contributed by atoms with van der Waals surface area (Å²) < 4.78 is 18.7. The molecule has 0 aliphatic carbocycles. The molecule has 1 heterocycles. The van der Waals surface area contributed by atoms with Crippen LogP contribution in [0.5, 0.6) is 5.88 Å². The highest BCUT2D eigenvalue weighted by atomic mass is 19.1.